The summed E-state index contributed by atoms with van der Waals surface area (Å²) >= 11 is 6.24. The summed E-state index contributed by atoms with van der Waals surface area (Å²) in [5.74, 6) is 0. The van der Waals surface area contributed by atoms with Gasteiger partial charge in [-0.25, -0.2) is 0 Å². The van der Waals surface area contributed by atoms with E-state index in [0.717, 1.165) is 43.1 Å². The average Bonchev–Trinajstić information content (AvgIpc) is 2.47. The van der Waals surface area contributed by atoms with Crippen LogP contribution in [0.15, 0.2) is 24.3 Å². The van der Waals surface area contributed by atoms with Crippen LogP contribution in [0, 0.1) is 0 Å². The second kappa shape index (κ2) is 11.1. The number of likely N-dealkylation sites (N-methyl/N-ethyl adjacent to an activating group) is 1. The third-order valence-electron chi connectivity index (χ3n) is 3.02. The fourth-order valence-electron chi connectivity index (χ4n) is 1.87. The molecule has 0 aliphatic rings. The molecular formula is C16H26ClNO2. The van der Waals surface area contributed by atoms with Gasteiger partial charge in [-0.15, -0.1) is 0 Å². The van der Waals surface area contributed by atoms with Crippen molar-refractivity contribution in [1.29, 1.82) is 0 Å². The number of unbranched alkanes of at least 4 members (excludes halogenated alkanes) is 1. The van der Waals surface area contributed by atoms with Gasteiger partial charge in [-0.05, 0) is 19.0 Å². The maximum absolute atomic E-state index is 6.24. The smallest absolute Gasteiger partial charge is 0.0964 e. The zero-order valence-corrected chi connectivity index (χ0v) is 13.3. The third kappa shape index (κ3) is 6.71. The minimum Gasteiger partial charge on any atom is -0.379 e. The first-order valence-electron chi connectivity index (χ1n) is 7.44. The Balaban J connectivity index is 2.42. The van der Waals surface area contributed by atoms with Crippen molar-refractivity contribution >= 4 is 11.6 Å². The van der Waals surface area contributed by atoms with Gasteiger partial charge in [0.1, 0.15) is 0 Å². The maximum atomic E-state index is 6.24. The van der Waals surface area contributed by atoms with Crippen molar-refractivity contribution in [3.8, 4) is 0 Å². The highest BCUT2D eigenvalue weighted by Crippen LogP contribution is 2.24. The van der Waals surface area contributed by atoms with E-state index in [4.69, 9.17) is 21.1 Å². The normalized spacial score (nSPS) is 12.6. The summed E-state index contributed by atoms with van der Waals surface area (Å²) in [6.45, 7) is 7.94. The molecule has 0 bridgehead atoms. The van der Waals surface area contributed by atoms with Crippen molar-refractivity contribution in [1.82, 2.24) is 5.32 Å². The van der Waals surface area contributed by atoms with Crippen molar-refractivity contribution < 1.29 is 9.47 Å². The van der Waals surface area contributed by atoms with Crippen LogP contribution in [-0.4, -0.2) is 32.9 Å². The van der Waals surface area contributed by atoms with E-state index in [1.807, 2.05) is 24.3 Å². The Morgan fingerprint density at radius 3 is 2.65 bits per heavy atom. The molecule has 1 rings (SSSR count). The Morgan fingerprint density at radius 1 is 1.15 bits per heavy atom. The molecular weight excluding hydrogens is 274 g/mol. The van der Waals surface area contributed by atoms with E-state index >= 15 is 0 Å². The molecule has 4 heteroatoms. The van der Waals surface area contributed by atoms with Crippen LogP contribution in [0.3, 0.4) is 0 Å². The minimum absolute atomic E-state index is 0.0292. The predicted octanol–water partition coefficient (Wildman–Crippen LogP) is 3.82. The average molecular weight is 300 g/mol. The van der Waals surface area contributed by atoms with Gasteiger partial charge >= 0.3 is 0 Å². The van der Waals surface area contributed by atoms with E-state index in [0.29, 0.717) is 13.2 Å². The van der Waals surface area contributed by atoms with Crippen molar-refractivity contribution in [2.45, 2.75) is 32.8 Å². The standard InChI is InChI=1S/C16H26ClNO2/c1-3-5-10-19-11-12-20-16(13-18-4-2)14-8-6-7-9-15(14)17/h6-9,16,18H,3-5,10-13H2,1-2H3. The van der Waals surface area contributed by atoms with Gasteiger partial charge in [-0.2, -0.15) is 0 Å². The topological polar surface area (TPSA) is 30.5 Å². The van der Waals surface area contributed by atoms with Crippen LogP contribution in [0.4, 0.5) is 0 Å². The lowest BCUT2D eigenvalue weighted by atomic mass is 10.1. The van der Waals surface area contributed by atoms with Gasteiger partial charge < -0.3 is 14.8 Å². The van der Waals surface area contributed by atoms with Gasteiger partial charge in [0, 0.05) is 23.7 Å². The quantitative estimate of drug-likeness (QED) is 0.630. The number of hydrogen-bond donors (Lipinski definition) is 1. The van der Waals surface area contributed by atoms with Crippen molar-refractivity contribution in [2.75, 3.05) is 32.9 Å². The van der Waals surface area contributed by atoms with Crippen LogP contribution in [0.1, 0.15) is 38.4 Å². The zero-order valence-electron chi connectivity index (χ0n) is 12.5. The Kier molecular flexibility index (Phi) is 9.67. The summed E-state index contributed by atoms with van der Waals surface area (Å²) in [7, 11) is 0. The molecule has 0 spiro atoms. The first-order chi connectivity index (χ1) is 9.79. The molecule has 1 N–H and O–H groups in total. The summed E-state index contributed by atoms with van der Waals surface area (Å²) in [5, 5.41) is 4.06. The van der Waals surface area contributed by atoms with Crippen LogP contribution >= 0.6 is 11.6 Å². The summed E-state index contributed by atoms with van der Waals surface area (Å²) in [6.07, 6.45) is 2.23. The van der Waals surface area contributed by atoms with Crippen LogP contribution in [0.5, 0.6) is 0 Å². The molecule has 0 aliphatic carbocycles. The van der Waals surface area contributed by atoms with E-state index in [1.165, 1.54) is 0 Å². The summed E-state index contributed by atoms with van der Waals surface area (Å²) in [4.78, 5) is 0. The first-order valence-corrected chi connectivity index (χ1v) is 7.81. The monoisotopic (exact) mass is 299 g/mol. The van der Waals surface area contributed by atoms with Crippen LogP contribution in [0.2, 0.25) is 5.02 Å². The van der Waals surface area contributed by atoms with Gasteiger partial charge in [0.25, 0.3) is 0 Å². The number of benzene rings is 1. The van der Waals surface area contributed by atoms with Crippen molar-refractivity contribution in [3.63, 3.8) is 0 Å². The predicted molar refractivity (Wildman–Crippen MR) is 84.4 cm³/mol. The number of rotatable bonds is 11. The second-order valence-corrected chi connectivity index (χ2v) is 5.06. The molecule has 114 valence electrons. The van der Waals surface area contributed by atoms with E-state index in [1.54, 1.807) is 0 Å². The number of halogens is 1. The molecule has 1 atom stereocenters. The van der Waals surface area contributed by atoms with Crippen molar-refractivity contribution in [2.24, 2.45) is 0 Å². The summed E-state index contributed by atoms with van der Waals surface area (Å²) in [6, 6.07) is 7.84. The van der Waals surface area contributed by atoms with Gasteiger partial charge in [0.05, 0.1) is 19.3 Å². The molecule has 0 saturated heterocycles. The highest BCUT2D eigenvalue weighted by atomic mass is 35.5. The second-order valence-electron chi connectivity index (χ2n) is 4.65. The van der Waals surface area contributed by atoms with Gasteiger partial charge in [0.15, 0.2) is 0 Å². The number of nitrogens with one attached hydrogen (secondary N) is 1. The lowest BCUT2D eigenvalue weighted by Gasteiger charge is -2.20. The molecule has 0 saturated carbocycles. The number of ether oxygens (including phenoxy) is 2. The summed E-state index contributed by atoms with van der Waals surface area (Å²) < 4.78 is 11.4. The Labute approximate surface area is 127 Å². The molecule has 1 aromatic carbocycles. The Bertz CT molecular complexity index is 360. The Morgan fingerprint density at radius 2 is 1.95 bits per heavy atom. The van der Waals surface area contributed by atoms with Crippen LogP contribution < -0.4 is 5.32 Å². The molecule has 0 fully saturated rings. The third-order valence-corrected chi connectivity index (χ3v) is 3.36. The van der Waals surface area contributed by atoms with Gasteiger partial charge in [-0.3, -0.25) is 0 Å². The highest BCUT2D eigenvalue weighted by Gasteiger charge is 2.14. The molecule has 1 unspecified atom stereocenters. The molecule has 3 nitrogen and oxygen atoms in total. The van der Waals surface area contributed by atoms with Gasteiger partial charge in [0.2, 0.25) is 0 Å². The van der Waals surface area contributed by atoms with Crippen LogP contribution in [-0.2, 0) is 9.47 Å². The van der Waals surface area contributed by atoms with E-state index in [2.05, 4.69) is 19.2 Å². The Hall–Kier alpha value is -0.610. The summed E-state index contributed by atoms with van der Waals surface area (Å²) in [5.41, 5.74) is 1.03. The molecule has 0 heterocycles. The van der Waals surface area contributed by atoms with Crippen molar-refractivity contribution in [3.05, 3.63) is 34.9 Å². The maximum Gasteiger partial charge on any atom is 0.0964 e. The first kappa shape index (κ1) is 17.4. The fourth-order valence-corrected chi connectivity index (χ4v) is 2.13. The van der Waals surface area contributed by atoms with Crippen LogP contribution in [0.25, 0.3) is 0 Å². The zero-order chi connectivity index (χ0) is 14.6. The van der Waals surface area contributed by atoms with E-state index in [-0.39, 0.29) is 6.10 Å². The molecule has 0 aromatic heterocycles. The molecule has 0 amide bonds. The SMILES string of the molecule is CCCCOCCOC(CNCC)c1ccccc1Cl. The lowest BCUT2D eigenvalue weighted by Crippen LogP contribution is -2.24. The molecule has 0 radical (unpaired) electrons. The number of hydrogen-bond acceptors (Lipinski definition) is 3. The largest absolute Gasteiger partial charge is 0.379 e. The fraction of sp³-hybridized carbons (Fsp3) is 0.625. The van der Waals surface area contributed by atoms with E-state index in [9.17, 15) is 0 Å². The highest BCUT2D eigenvalue weighted by molar-refractivity contribution is 6.31. The molecule has 0 aliphatic heterocycles. The minimum atomic E-state index is -0.0292. The van der Waals surface area contributed by atoms with E-state index < -0.39 is 0 Å². The molecule has 1 aromatic rings. The lowest BCUT2D eigenvalue weighted by molar-refractivity contribution is 0.00383. The molecule has 20 heavy (non-hydrogen) atoms. The van der Waals surface area contributed by atoms with Gasteiger partial charge in [-0.1, -0.05) is 50.1 Å².